The van der Waals surface area contributed by atoms with Crippen LogP contribution in [0.5, 0.6) is 11.5 Å². The Morgan fingerprint density at radius 2 is 1.76 bits per heavy atom. The van der Waals surface area contributed by atoms with Crippen molar-refractivity contribution in [3.05, 3.63) is 104 Å². The van der Waals surface area contributed by atoms with Crippen LogP contribution >= 0.6 is 39.1 Å². The lowest BCUT2D eigenvalue weighted by Gasteiger charge is -2.38. The van der Waals surface area contributed by atoms with Gasteiger partial charge in [0.15, 0.2) is 0 Å². The molecule has 0 unspecified atom stereocenters. The maximum absolute atomic E-state index is 10.6. The largest absolute Gasteiger partial charge is 0.507 e. The first-order valence-corrected chi connectivity index (χ1v) is 12.0. The molecule has 4 aromatic rings. The molecule has 7 heteroatoms. The van der Waals surface area contributed by atoms with Gasteiger partial charge in [-0.05, 0) is 52.7 Å². The molecule has 0 amide bonds. The molecule has 0 saturated heterocycles. The van der Waals surface area contributed by atoms with Gasteiger partial charge in [-0.25, -0.2) is 5.01 Å². The molecular formula is C26H17BrCl2N2O2. The summed E-state index contributed by atoms with van der Waals surface area (Å²) in [6.07, 6.45) is 0.0213. The Morgan fingerprint density at radius 1 is 0.939 bits per heavy atom. The van der Waals surface area contributed by atoms with Gasteiger partial charge in [0, 0.05) is 21.5 Å². The summed E-state index contributed by atoms with van der Waals surface area (Å²) in [4.78, 5) is 0. The highest BCUT2D eigenvalue weighted by Gasteiger charge is 2.43. The van der Waals surface area contributed by atoms with E-state index in [0.29, 0.717) is 27.8 Å². The summed E-state index contributed by atoms with van der Waals surface area (Å²) in [6, 6.07) is 23.3. The topological polar surface area (TPSA) is 45.1 Å². The zero-order valence-corrected chi connectivity index (χ0v) is 20.3. The van der Waals surface area contributed by atoms with Crippen LogP contribution < -0.4 is 4.74 Å². The second kappa shape index (κ2) is 7.94. The van der Waals surface area contributed by atoms with Crippen LogP contribution in [-0.2, 0) is 0 Å². The third kappa shape index (κ3) is 3.55. The second-order valence-electron chi connectivity index (χ2n) is 8.19. The molecule has 0 spiro atoms. The van der Waals surface area contributed by atoms with Crippen LogP contribution in [0.2, 0.25) is 10.0 Å². The van der Waals surface area contributed by atoms with Crippen molar-refractivity contribution < 1.29 is 9.84 Å². The average molecular weight is 540 g/mol. The molecule has 4 nitrogen and oxygen atoms in total. The first-order chi connectivity index (χ1) is 16.0. The first-order valence-electron chi connectivity index (χ1n) is 10.5. The third-order valence-electron chi connectivity index (χ3n) is 6.15. The fourth-order valence-corrected chi connectivity index (χ4v) is 5.52. The number of ether oxygens (including phenoxy) is 1. The maximum Gasteiger partial charge on any atom is 0.217 e. The van der Waals surface area contributed by atoms with E-state index in [1.54, 1.807) is 18.2 Å². The quantitative estimate of drug-likeness (QED) is 0.282. The summed E-state index contributed by atoms with van der Waals surface area (Å²) >= 11 is 16.4. The summed E-state index contributed by atoms with van der Waals surface area (Å²) in [5, 5.41) is 20.9. The lowest BCUT2D eigenvalue weighted by molar-refractivity contribution is -0.0202. The van der Waals surface area contributed by atoms with Crippen molar-refractivity contribution in [2.45, 2.75) is 18.7 Å². The number of hydrogen-bond acceptors (Lipinski definition) is 4. The number of benzene rings is 4. The number of aromatic hydroxyl groups is 1. The van der Waals surface area contributed by atoms with E-state index in [4.69, 9.17) is 33.0 Å². The van der Waals surface area contributed by atoms with E-state index in [0.717, 1.165) is 26.7 Å². The molecule has 4 aromatic carbocycles. The van der Waals surface area contributed by atoms with Crippen molar-refractivity contribution in [3.8, 4) is 11.5 Å². The lowest BCUT2D eigenvalue weighted by Crippen LogP contribution is -2.34. The summed E-state index contributed by atoms with van der Waals surface area (Å²) in [7, 11) is 0. The summed E-state index contributed by atoms with van der Waals surface area (Å²) < 4.78 is 7.19. The van der Waals surface area contributed by atoms with Gasteiger partial charge in [0.2, 0.25) is 6.23 Å². The molecule has 0 aromatic heterocycles. The summed E-state index contributed by atoms with van der Waals surface area (Å²) in [5.41, 5.74) is 3.49. The maximum atomic E-state index is 10.6. The van der Waals surface area contributed by atoms with Crippen molar-refractivity contribution >= 4 is 55.6 Å². The number of phenolic OH excluding ortho intramolecular Hbond substituents is 1. The SMILES string of the molecule is Oc1ccc(Br)cc1[C@H]1Oc2c(Cl)cc(Cl)cc2[C@@H]2CC(c3ccc4ccccc4c3)=NN12. The van der Waals surface area contributed by atoms with Gasteiger partial charge in [-0.3, -0.25) is 0 Å². The second-order valence-corrected chi connectivity index (χ2v) is 9.95. The fourth-order valence-electron chi connectivity index (χ4n) is 4.59. The molecule has 6 rings (SSSR count). The van der Waals surface area contributed by atoms with Crippen molar-refractivity contribution in [3.63, 3.8) is 0 Å². The molecule has 164 valence electrons. The Hall–Kier alpha value is -2.73. The van der Waals surface area contributed by atoms with Gasteiger partial charge in [0.1, 0.15) is 11.5 Å². The monoisotopic (exact) mass is 538 g/mol. The van der Waals surface area contributed by atoms with Crippen LogP contribution in [0.4, 0.5) is 0 Å². The highest BCUT2D eigenvalue weighted by molar-refractivity contribution is 9.10. The van der Waals surface area contributed by atoms with Crippen LogP contribution in [0, 0.1) is 0 Å². The van der Waals surface area contributed by atoms with Gasteiger partial charge in [0.05, 0.1) is 22.3 Å². The highest BCUT2D eigenvalue weighted by atomic mass is 79.9. The van der Waals surface area contributed by atoms with Crippen molar-refractivity contribution in [2.75, 3.05) is 0 Å². The van der Waals surface area contributed by atoms with Crippen molar-refractivity contribution in [1.29, 1.82) is 0 Å². The average Bonchev–Trinajstić information content (AvgIpc) is 3.26. The predicted octanol–water partition coefficient (Wildman–Crippen LogP) is 7.86. The highest BCUT2D eigenvalue weighted by Crippen LogP contribution is 2.52. The Kier molecular flexibility index (Phi) is 5.02. The van der Waals surface area contributed by atoms with Crippen LogP contribution in [-0.4, -0.2) is 15.8 Å². The lowest BCUT2D eigenvalue weighted by atomic mass is 9.95. The fraction of sp³-hybridized carbons (Fsp3) is 0.115. The predicted molar refractivity (Wildman–Crippen MR) is 135 cm³/mol. The van der Waals surface area contributed by atoms with Crippen LogP contribution in [0.25, 0.3) is 10.8 Å². The molecular weight excluding hydrogens is 523 g/mol. The van der Waals surface area contributed by atoms with Gasteiger partial charge in [-0.15, -0.1) is 0 Å². The van der Waals surface area contributed by atoms with Crippen molar-refractivity contribution in [1.82, 2.24) is 5.01 Å². The van der Waals surface area contributed by atoms with Crippen LogP contribution in [0.15, 0.2) is 82.4 Å². The standard InChI is InChI=1S/C26H17BrCl2N2O2/c27-17-7-8-24(32)20(10-17)26-31-23(19-11-18(28)12-21(29)25(19)33-26)13-22(30-31)16-6-5-14-3-1-2-4-15(14)9-16/h1-12,23,26,32H,13H2/t23-,26+/m0/s1. The normalized spacial score (nSPS) is 19.1. The van der Waals surface area contributed by atoms with E-state index >= 15 is 0 Å². The molecule has 1 N–H and O–H groups in total. The summed E-state index contributed by atoms with van der Waals surface area (Å²) in [6.45, 7) is 0. The number of fused-ring (bicyclic) bond motifs is 4. The molecule has 0 fully saturated rings. The third-order valence-corrected chi connectivity index (χ3v) is 7.14. The van der Waals surface area contributed by atoms with Crippen LogP contribution in [0.1, 0.15) is 35.4 Å². The number of nitrogens with zero attached hydrogens (tertiary/aromatic N) is 2. The van der Waals surface area contributed by atoms with E-state index in [2.05, 4.69) is 46.3 Å². The number of halogens is 3. The van der Waals surface area contributed by atoms with Gasteiger partial charge >= 0.3 is 0 Å². The molecule has 2 aliphatic rings. The van der Waals surface area contributed by atoms with Gasteiger partial charge in [-0.1, -0.05) is 75.5 Å². The smallest absolute Gasteiger partial charge is 0.217 e. The molecule has 0 saturated carbocycles. The Balaban J connectivity index is 1.50. The molecule has 0 aliphatic carbocycles. The van der Waals surface area contributed by atoms with E-state index in [1.807, 2.05) is 29.3 Å². The summed E-state index contributed by atoms with van der Waals surface area (Å²) in [5.74, 6) is 0.700. The molecule has 2 atom stereocenters. The zero-order chi connectivity index (χ0) is 22.7. The molecule has 2 heterocycles. The number of hydrogen-bond donors (Lipinski definition) is 1. The molecule has 0 radical (unpaired) electrons. The Morgan fingerprint density at radius 3 is 2.61 bits per heavy atom. The Labute approximate surface area is 209 Å². The Bertz CT molecular complexity index is 1460. The van der Waals surface area contributed by atoms with Gasteiger partial charge in [0.25, 0.3) is 0 Å². The molecule has 2 aliphatic heterocycles. The first kappa shape index (κ1) is 20.8. The molecule has 0 bridgehead atoms. The zero-order valence-electron chi connectivity index (χ0n) is 17.2. The van der Waals surface area contributed by atoms with Crippen molar-refractivity contribution in [2.24, 2.45) is 5.10 Å². The van der Waals surface area contributed by atoms with E-state index in [1.165, 1.54) is 5.39 Å². The molecule has 33 heavy (non-hydrogen) atoms. The number of hydrazone groups is 1. The van der Waals surface area contributed by atoms with E-state index in [9.17, 15) is 5.11 Å². The van der Waals surface area contributed by atoms with E-state index < -0.39 is 6.23 Å². The van der Waals surface area contributed by atoms with Crippen LogP contribution in [0.3, 0.4) is 0 Å². The number of rotatable bonds is 2. The van der Waals surface area contributed by atoms with E-state index in [-0.39, 0.29) is 11.8 Å². The van der Waals surface area contributed by atoms with Gasteiger partial charge in [-0.2, -0.15) is 5.10 Å². The van der Waals surface area contributed by atoms with Gasteiger partial charge < -0.3 is 9.84 Å². The minimum Gasteiger partial charge on any atom is -0.507 e. The number of phenols is 1. The minimum atomic E-state index is -0.642. The minimum absolute atomic E-state index is 0.129.